The lowest BCUT2D eigenvalue weighted by Gasteiger charge is -2.40. The van der Waals surface area contributed by atoms with E-state index >= 15 is 0 Å². The average Bonchev–Trinajstić information content (AvgIpc) is 2.85. The number of rotatable bonds is 5. The number of carbonyl (C=O) groups excluding carboxylic acids is 4. The van der Waals surface area contributed by atoms with Crippen LogP contribution >= 0.6 is 0 Å². The van der Waals surface area contributed by atoms with E-state index in [2.05, 4.69) is 5.32 Å². The van der Waals surface area contributed by atoms with Gasteiger partial charge in [0, 0.05) is 31.7 Å². The molecular weight excluding hydrogens is 352 g/mol. The topological polar surface area (TPSA) is 122 Å². The van der Waals surface area contributed by atoms with Crippen molar-refractivity contribution in [3.63, 3.8) is 0 Å². The van der Waals surface area contributed by atoms with Crippen LogP contribution in [0.2, 0.25) is 0 Å². The third kappa shape index (κ3) is 2.98. The van der Waals surface area contributed by atoms with Gasteiger partial charge in [-0.3, -0.25) is 29.4 Å². The van der Waals surface area contributed by atoms with Gasteiger partial charge < -0.3 is 15.4 Å². The third-order valence-corrected chi connectivity index (χ3v) is 5.11. The fraction of sp³-hybridized carbons (Fsp3) is 0.444. The molecule has 27 heavy (non-hydrogen) atoms. The monoisotopic (exact) mass is 372 g/mol. The number of hydrogen-bond acceptors (Lipinski definition) is 7. The Morgan fingerprint density at radius 3 is 2.56 bits per heavy atom. The summed E-state index contributed by atoms with van der Waals surface area (Å²) in [6.07, 6.45) is 0.363. The molecule has 1 aromatic carbocycles. The highest BCUT2D eigenvalue weighted by molar-refractivity contribution is 6.23. The summed E-state index contributed by atoms with van der Waals surface area (Å²) in [6.45, 7) is 2.37. The van der Waals surface area contributed by atoms with E-state index in [1.165, 1.54) is 0 Å². The molecule has 2 saturated heterocycles. The second-order valence-electron chi connectivity index (χ2n) is 6.86. The summed E-state index contributed by atoms with van der Waals surface area (Å²) < 4.78 is 5.56. The molecule has 9 nitrogen and oxygen atoms in total. The van der Waals surface area contributed by atoms with E-state index in [0.717, 1.165) is 10.6 Å². The Hall–Kier alpha value is -2.78. The van der Waals surface area contributed by atoms with Crippen LogP contribution in [0.15, 0.2) is 18.2 Å². The van der Waals surface area contributed by atoms with E-state index < -0.39 is 23.8 Å². The van der Waals surface area contributed by atoms with E-state index in [1.807, 2.05) is 4.90 Å². The molecule has 4 rings (SSSR count). The van der Waals surface area contributed by atoms with Crippen molar-refractivity contribution in [1.82, 2.24) is 10.2 Å². The molecule has 3 aliphatic heterocycles. The van der Waals surface area contributed by atoms with E-state index in [9.17, 15) is 19.2 Å². The summed E-state index contributed by atoms with van der Waals surface area (Å²) >= 11 is 0. The quantitative estimate of drug-likeness (QED) is 0.652. The number of hydrogen-bond donors (Lipinski definition) is 2. The van der Waals surface area contributed by atoms with Crippen molar-refractivity contribution in [3.8, 4) is 0 Å². The van der Waals surface area contributed by atoms with Gasteiger partial charge >= 0.3 is 0 Å². The Balaban J connectivity index is 1.51. The van der Waals surface area contributed by atoms with Gasteiger partial charge in [0.2, 0.25) is 11.8 Å². The molecule has 4 amide bonds. The van der Waals surface area contributed by atoms with Gasteiger partial charge in [0.15, 0.2) is 0 Å². The van der Waals surface area contributed by atoms with Crippen LogP contribution in [0.1, 0.15) is 33.6 Å². The summed E-state index contributed by atoms with van der Waals surface area (Å²) in [4.78, 5) is 51.9. The van der Waals surface area contributed by atoms with Gasteiger partial charge in [-0.2, -0.15) is 0 Å². The minimum atomic E-state index is -0.948. The highest BCUT2D eigenvalue weighted by Gasteiger charge is 2.45. The lowest BCUT2D eigenvalue weighted by atomic mass is 10.0. The lowest BCUT2D eigenvalue weighted by molar-refractivity contribution is -0.136. The molecule has 1 unspecified atom stereocenters. The summed E-state index contributed by atoms with van der Waals surface area (Å²) in [5.41, 5.74) is 6.82. The number of nitrogens with two attached hydrogens (primary N) is 1. The van der Waals surface area contributed by atoms with E-state index in [-0.39, 0.29) is 36.0 Å². The number of benzene rings is 1. The number of piperidine rings is 1. The second kappa shape index (κ2) is 6.75. The third-order valence-electron chi connectivity index (χ3n) is 5.11. The Labute approximate surface area is 155 Å². The van der Waals surface area contributed by atoms with Crippen LogP contribution in [-0.2, 0) is 14.3 Å². The summed E-state index contributed by atoms with van der Waals surface area (Å²) in [6, 6.07) is 4.14. The van der Waals surface area contributed by atoms with Crippen molar-refractivity contribution >= 4 is 29.3 Å². The molecule has 2 fully saturated rings. The normalized spacial score (nSPS) is 22.8. The van der Waals surface area contributed by atoms with Crippen molar-refractivity contribution < 1.29 is 23.9 Å². The number of nitrogens with zero attached hydrogens (tertiary/aromatic N) is 2. The molecule has 0 aromatic heterocycles. The van der Waals surface area contributed by atoms with Gasteiger partial charge in [-0.15, -0.1) is 0 Å². The van der Waals surface area contributed by atoms with E-state index in [1.54, 1.807) is 18.2 Å². The summed E-state index contributed by atoms with van der Waals surface area (Å²) in [7, 11) is 0. The molecule has 3 N–H and O–H groups in total. The predicted octanol–water partition coefficient (Wildman–Crippen LogP) is -0.748. The molecule has 0 saturated carbocycles. The maximum Gasteiger partial charge on any atom is 0.262 e. The van der Waals surface area contributed by atoms with Crippen molar-refractivity contribution in [3.05, 3.63) is 29.3 Å². The van der Waals surface area contributed by atoms with Crippen molar-refractivity contribution in [1.29, 1.82) is 0 Å². The average molecular weight is 372 g/mol. The molecule has 0 radical (unpaired) electrons. The first-order valence-electron chi connectivity index (χ1n) is 8.92. The molecule has 0 bridgehead atoms. The molecular formula is C18H20N4O5. The molecule has 0 aliphatic carbocycles. The van der Waals surface area contributed by atoms with Gasteiger partial charge in [0.1, 0.15) is 6.04 Å². The number of nitrogens with one attached hydrogen (secondary N) is 1. The predicted molar refractivity (Wildman–Crippen MR) is 94.1 cm³/mol. The first kappa shape index (κ1) is 17.6. The maximum atomic E-state index is 12.8. The molecule has 1 atom stereocenters. The number of anilines is 1. The fourth-order valence-electron chi connectivity index (χ4n) is 3.64. The van der Waals surface area contributed by atoms with Crippen molar-refractivity contribution in [2.75, 3.05) is 31.1 Å². The van der Waals surface area contributed by atoms with Crippen LogP contribution in [0, 0.1) is 0 Å². The number of carbonyl (C=O) groups is 4. The lowest BCUT2D eigenvalue weighted by Crippen LogP contribution is -2.54. The van der Waals surface area contributed by atoms with Crippen LogP contribution in [0.4, 0.5) is 5.69 Å². The first-order valence-corrected chi connectivity index (χ1v) is 8.92. The Morgan fingerprint density at radius 1 is 1.11 bits per heavy atom. The first-order chi connectivity index (χ1) is 13.0. The zero-order chi connectivity index (χ0) is 19.1. The largest absolute Gasteiger partial charge is 0.373 e. The molecule has 142 valence electrons. The number of imide groups is 2. The molecule has 1 aromatic rings. The standard InChI is InChI=1S/C18H20N4O5/c19-5-6-27-11-8-21(9-11)10-1-2-12-13(7-10)18(26)22(17(12)25)14-3-4-15(23)20-16(14)24/h1-2,7,11,14H,3-6,8-9,19H2,(H,20,23,24). The zero-order valence-electron chi connectivity index (χ0n) is 14.6. The minimum absolute atomic E-state index is 0.104. The number of amides is 4. The number of ether oxygens (including phenoxy) is 1. The maximum absolute atomic E-state index is 12.8. The smallest absolute Gasteiger partial charge is 0.262 e. The highest BCUT2D eigenvalue weighted by atomic mass is 16.5. The van der Waals surface area contributed by atoms with Gasteiger partial charge in [-0.1, -0.05) is 0 Å². The van der Waals surface area contributed by atoms with Crippen LogP contribution in [0.3, 0.4) is 0 Å². The summed E-state index contributed by atoms with van der Waals surface area (Å²) in [5, 5.41) is 2.19. The van der Waals surface area contributed by atoms with Crippen LogP contribution < -0.4 is 16.0 Å². The SMILES string of the molecule is NCCOC1CN(c2ccc3c(c2)C(=O)N(C2CCC(=O)NC2=O)C3=O)C1. The van der Waals surface area contributed by atoms with Gasteiger partial charge in [0.25, 0.3) is 11.8 Å². The molecule has 0 spiro atoms. The van der Waals surface area contributed by atoms with Crippen LogP contribution in [0.25, 0.3) is 0 Å². The Morgan fingerprint density at radius 2 is 1.85 bits per heavy atom. The molecule has 9 heteroatoms. The Bertz CT molecular complexity index is 833. The highest BCUT2D eigenvalue weighted by Crippen LogP contribution is 2.32. The van der Waals surface area contributed by atoms with Crippen molar-refractivity contribution in [2.24, 2.45) is 5.73 Å². The van der Waals surface area contributed by atoms with E-state index in [4.69, 9.17) is 10.5 Å². The second-order valence-corrected chi connectivity index (χ2v) is 6.86. The molecule has 3 aliphatic rings. The Kier molecular flexibility index (Phi) is 4.40. The van der Waals surface area contributed by atoms with Crippen LogP contribution in [-0.4, -0.2) is 66.9 Å². The summed E-state index contributed by atoms with van der Waals surface area (Å²) in [5.74, 6) is -1.99. The van der Waals surface area contributed by atoms with Gasteiger partial charge in [-0.25, -0.2) is 0 Å². The van der Waals surface area contributed by atoms with Gasteiger partial charge in [-0.05, 0) is 24.6 Å². The minimum Gasteiger partial charge on any atom is -0.373 e. The van der Waals surface area contributed by atoms with Crippen molar-refractivity contribution in [2.45, 2.75) is 25.0 Å². The zero-order valence-corrected chi connectivity index (χ0v) is 14.6. The number of fused-ring (bicyclic) bond motifs is 1. The van der Waals surface area contributed by atoms with Crippen LogP contribution in [0.5, 0.6) is 0 Å². The fourth-order valence-corrected chi connectivity index (χ4v) is 3.64. The van der Waals surface area contributed by atoms with Gasteiger partial charge in [0.05, 0.1) is 23.8 Å². The molecule has 3 heterocycles. The van der Waals surface area contributed by atoms with E-state index in [0.29, 0.717) is 26.2 Å².